The number of carbonyl (C=O) groups excluding carboxylic acids is 1. The second-order valence-electron chi connectivity index (χ2n) is 6.31. The van der Waals surface area contributed by atoms with Gasteiger partial charge in [-0.05, 0) is 37.9 Å². The fourth-order valence-corrected chi connectivity index (χ4v) is 2.86. The van der Waals surface area contributed by atoms with E-state index in [0.717, 1.165) is 37.2 Å². The Morgan fingerprint density at radius 3 is 2.86 bits per heavy atom. The summed E-state index contributed by atoms with van der Waals surface area (Å²) in [5.74, 6) is 0.459. The van der Waals surface area contributed by atoms with Crippen LogP contribution in [0.1, 0.15) is 32.3 Å². The van der Waals surface area contributed by atoms with Crippen LogP contribution in [0.5, 0.6) is 0 Å². The molecule has 116 valence electrons. The van der Waals surface area contributed by atoms with Gasteiger partial charge in [0, 0.05) is 23.8 Å². The first-order valence-electron chi connectivity index (χ1n) is 7.64. The standard InChI is InChI=1S/C17H26N2O2/c1-17(2,14-8-6-10-18-11-14)16(20)19-15-9-5-4-7-13(15)12-21-3/h4-5,7,9,14,18H,6,8,10-12H2,1-3H3,(H,19,20). The lowest BCUT2D eigenvalue weighted by Crippen LogP contribution is -2.44. The number of piperidine rings is 1. The van der Waals surface area contributed by atoms with Gasteiger partial charge in [-0.15, -0.1) is 0 Å². The predicted octanol–water partition coefficient (Wildman–Crippen LogP) is 2.80. The van der Waals surface area contributed by atoms with Crippen LogP contribution in [-0.2, 0) is 16.1 Å². The molecule has 0 radical (unpaired) electrons. The highest BCUT2D eigenvalue weighted by molar-refractivity contribution is 5.95. The molecule has 1 heterocycles. The Kier molecular flexibility index (Phi) is 5.37. The Balaban J connectivity index is 2.09. The minimum atomic E-state index is -0.381. The van der Waals surface area contributed by atoms with Gasteiger partial charge in [0.15, 0.2) is 0 Å². The minimum Gasteiger partial charge on any atom is -0.380 e. The van der Waals surface area contributed by atoms with Crippen LogP contribution < -0.4 is 10.6 Å². The maximum atomic E-state index is 12.7. The Morgan fingerprint density at radius 1 is 1.43 bits per heavy atom. The van der Waals surface area contributed by atoms with Crippen LogP contribution in [0.15, 0.2) is 24.3 Å². The quantitative estimate of drug-likeness (QED) is 0.876. The van der Waals surface area contributed by atoms with Crippen molar-refractivity contribution in [2.24, 2.45) is 11.3 Å². The molecule has 1 unspecified atom stereocenters. The Labute approximate surface area is 127 Å². The molecular weight excluding hydrogens is 264 g/mol. The maximum absolute atomic E-state index is 12.7. The molecule has 1 aliphatic heterocycles. The van der Waals surface area contributed by atoms with Crippen molar-refractivity contribution in [3.05, 3.63) is 29.8 Å². The average molecular weight is 290 g/mol. The molecule has 1 aromatic carbocycles. The number of hydrogen-bond acceptors (Lipinski definition) is 3. The third-order valence-corrected chi connectivity index (χ3v) is 4.47. The molecule has 1 aliphatic rings. The number of rotatable bonds is 5. The Bertz CT molecular complexity index is 479. The Hall–Kier alpha value is -1.39. The summed E-state index contributed by atoms with van der Waals surface area (Å²) < 4.78 is 5.19. The molecule has 21 heavy (non-hydrogen) atoms. The zero-order chi connectivity index (χ0) is 15.3. The molecule has 0 spiro atoms. The van der Waals surface area contributed by atoms with Gasteiger partial charge in [-0.3, -0.25) is 4.79 Å². The van der Waals surface area contributed by atoms with Crippen molar-refractivity contribution in [3.63, 3.8) is 0 Å². The van der Waals surface area contributed by atoms with E-state index < -0.39 is 0 Å². The van der Waals surface area contributed by atoms with Crippen molar-refractivity contribution in [2.75, 3.05) is 25.5 Å². The van der Waals surface area contributed by atoms with Crippen LogP contribution in [0.3, 0.4) is 0 Å². The number of nitrogens with one attached hydrogen (secondary N) is 2. The molecule has 2 N–H and O–H groups in total. The summed E-state index contributed by atoms with van der Waals surface area (Å²) in [6.07, 6.45) is 2.24. The second kappa shape index (κ2) is 7.05. The number of benzene rings is 1. The van der Waals surface area contributed by atoms with Gasteiger partial charge in [-0.1, -0.05) is 32.0 Å². The molecule has 1 aromatic rings. The summed E-state index contributed by atoms with van der Waals surface area (Å²) >= 11 is 0. The number of hydrogen-bond donors (Lipinski definition) is 2. The zero-order valence-electron chi connectivity index (χ0n) is 13.2. The van der Waals surface area contributed by atoms with E-state index in [-0.39, 0.29) is 11.3 Å². The molecule has 1 fully saturated rings. The van der Waals surface area contributed by atoms with Crippen LogP contribution in [0.2, 0.25) is 0 Å². The van der Waals surface area contributed by atoms with Crippen molar-refractivity contribution >= 4 is 11.6 Å². The number of methoxy groups -OCH3 is 1. The van der Waals surface area contributed by atoms with Crippen molar-refractivity contribution in [1.82, 2.24) is 5.32 Å². The zero-order valence-corrected chi connectivity index (χ0v) is 13.2. The van der Waals surface area contributed by atoms with E-state index >= 15 is 0 Å². The van der Waals surface area contributed by atoms with Gasteiger partial charge in [-0.2, -0.15) is 0 Å². The van der Waals surface area contributed by atoms with Gasteiger partial charge in [0.25, 0.3) is 0 Å². The third kappa shape index (κ3) is 3.83. The predicted molar refractivity (Wildman–Crippen MR) is 85.2 cm³/mol. The van der Waals surface area contributed by atoms with Gasteiger partial charge in [0.1, 0.15) is 0 Å². The van der Waals surface area contributed by atoms with Crippen LogP contribution >= 0.6 is 0 Å². The largest absolute Gasteiger partial charge is 0.380 e. The third-order valence-electron chi connectivity index (χ3n) is 4.47. The molecule has 0 bridgehead atoms. The van der Waals surface area contributed by atoms with E-state index in [0.29, 0.717) is 12.5 Å². The highest BCUT2D eigenvalue weighted by Crippen LogP contribution is 2.33. The van der Waals surface area contributed by atoms with Crippen LogP contribution in [0.4, 0.5) is 5.69 Å². The first-order chi connectivity index (χ1) is 10.1. The molecule has 0 saturated carbocycles. The lowest BCUT2D eigenvalue weighted by atomic mass is 9.74. The van der Waals surface area contributed by atoms with Crippen molar-refractivity contribution in [2.45, 2.75) is 33.3 Å². The fraction of sp³-hybridized carbons (Fsp3) is 0.588. The molecule has 4 heteroatoms. The average Bonchev–Trinajstić information content (AvgIpc) is 2.50. The van der Waals surface area contributed by atoms with Gasteiger partial charge in [-0.25, -0.2) is 0 Å². The number of ether oxygens (including phenoxy) is 1. The summed E-state index contributed by atoms with van der Waals surface area (Å²) in [6, 6.07) is 7.81. The molecule has 1 atom stereocenters. The molecule has 0 aliphatic carbocycles. The summed E-state index contributed by atoms with van der Waals surface area (Å²) in [5, 5.41) is 6.48. The maximum Gasteiger partial charge on any atom is 0.230 e. The topological polar surface area (TPSA) is 50.4 Å². The van der Waals surface area contributed by atoms with E-state index in [2.05, 4.69) is 10.6 Å². The van der Waals surface area contributed by atoms with Crippen LogP contribution in [0, 0.1) is 11.3 Å². The molecule has 0 aromatic heterocycles. The van der Waals surface area contributed by atoms with Crippen molar-refractivity contribution in [3.8, 4) is 0 Å². The lowest BCUT2D eigenvalue weighted by molar-refractivity contribution is -0.127. The lowest BCUT2D eigenvalue weighted by Gasteiger charge is -2.36. The summed E-state index contributed by atoms with van der Waals surface area (Å²) in [5.41, 5.74) is 1.47. The van der Waals surface area contributed by atoms with E-state index in [1.165, 1.54) is 0 Å². The SMILES string of the molecule is COCc1ccccc1NC(=O)C(C)(C)C1CCCNC1. The molecule has 4 nitrogen and oxygen atoms in total. The smallest absolute Gasteiger partial charge is 0.230 e. The van der Waals surface area contributed by atoms with Crippen molar-refractivity contribution in [1.29, 1.82) is 0 Å². The molecule has 1 saturated heterocycles. The number of anilines is 1. The van der Waals surface area contributed by atoms with Crippen molar-refractivity contribution < 1.29 is 9.53 Å². The monoisotopic (exact) mass is 290 g/mol. The fourth-order valence-electron chi connectivity index (χ4n) is 2.86. The minimum absolute atomic E-state index is 0.0831. The van der Waals surface area contributed by atoms with Crippen LogP contribution in [0.25, 0.3) is 0 Å². The van der Waals surface area contributed by atoms with E-state index in [1.807, 2.05) is 38.1 Å². The van der Waals surface area contributed by atoms with Gasteiger partial charge < -0.3 is 15.4 Å². The highest BCUT2D eigenvalue weighted by atomic mass is 16.5. The van der Waals surface area contributed by atoms with E-state index in [1.54, 1.807) is 7.11 Å². The number of carbonyl (C=O) groups is 1. The summed E-state index contributed by atoms with van der Waals surface area (Å²) in [6.45, 7) is 6.56. The second-order valence-corrected chi connectivity index (χ2v) is 6.31. The van der Waals surface area contributed by atoms with Gasteiger partial charge >= 0.3 is 0 Å². The van der Waals surface area contributed by atoms with Gasteiger partial charge in [0.05, 0.1) is 6.61 Å². The number of para-hydroxylation sites is 1. The first-order valence-corrected chi connectivity index (χ1v) is 7.64. The van der Waals surface area contributed by atoms with Crippen LogP contribution in [-0.4, -0.2) is 26.1 Å². The van der Waals surface area contributed by atoms with E-state index in [9.17, 15) is 4.79 Å². The number of amides is 1. The summed E-state index contributed by atoms with van der Waals surface area (Å²) in [4.78, 5) is 12.7. The summed E-state index contributed by atoms with van der Waals surface area (Å²) in [7, 11) is 1.66. The Morgan fingerprint density at radius 2 is 2.19 bits per heavy atom. The highest BCUT2D eigenvalue weighted by Gasteiger charge is 2.37. The normalized spacial score (nSPS) is 19.3. The first kappa shape index (κ1) is 16.0. The molecular formula is C17H26N2O2. The van der Waals surface area contributed by atoms with Gasteiger partial charge in [0.2, 0.25) is 5.91 Å². The van der Waals surface area contributed by atoms with E-state index in [4.69, 9.17) is 4.74 Å². The molecule has 1 amide bonds. The molecule has 2 rings (SSSR count).